The molecule has 0 bridgehead atoms. The maximum atomic E-state index is 11.5. The van der Waals surface area contributed by atoms with Gasteiger partial charge in [0.1, 0.15) is 6.54 Å². The van der Waals surface area contributed by atoms with Gasteiger partial charge in [-0.1, -0.05) is 12.1 Å². The number of nitrogens with zero attached hydrogens (tertiary/aromatic N) is 1. The van der Waals surface area contributed by atoms with Crippen LogP contribution in [0.3, 0.4) is 0 Å². The summed E-state index contributed by atoms with van der Waals surface area (Å²) in [7, 11) is -3.51. The zero-order valence-electron chi connectivity index (χ0n) is 8.35. The molecule has 1 aromatic rings. The summed E-state index contributed by atoms with van der Waals surface area (Å²) in [6.07, 6.45) is 1.04. The van der Waals surface area contributed by atoms with E-state index in [1.807, 2.05) is 22.6 Å². The van der Waals surface area contributed by atoms with E-state index < -0.39 is 15.3 Å². The first kappa shape index (κ1) is 13.7. The van der Waals surface area contributed by atoms with Crippen molar-refractivity contribution < 1.29 is 13.2 Å². The smallest absolute Gasteiger partial charge is 0.242 e. The lowest BCUT2D eigenvalue weighted by Gasteiger charge is -2.21. The molecule has 0 radical (unpaired) electrons. The molecule has 0 aliphatic rings. The summed E-state index contributed by atoms with van der Waals surface area (Å²) in [5, 5.41) is -0.718. The number of para-hydroxylation sites is 1. The van der Waals surface area contributed by atoms with Crippen LogP contribution in [-0.2, 0) is 14.8 Å². The average Bonchev–Trinajstić information content (AvgIpc) is 2.13. The van der Waals surface area contributed by atoms with Crippen LogP contribution in [0.15, 0.2) is 24.3 Å². The molecule has 16 heavy (non-hydrogen) atoms. The maximum Gasteiger partial charge on any atom is 0.242 e. The largest absolute Gasteiger partial charge is 0.279 e. The van der Waals surface area contributed by atoms with Crippen molar-refractivity contribution in [1.29, 1.82) is 0 Å². The number of rotatable bonds is 4. The summed E-state index contributed by atoms with van der Waals surface area (Å²) >= 11 is 7.24. The van der Waals surface area contributed by atoms with Crippen molar-refractivity contribution in [2.24, 2.45) is 0 Å². The van der Waals surface area contributed by atoms with Crippen LogP contribution in [0.25, 0.3) is 0 Å². The minimum atomic E-state index is -3.51. The Morgan fingerprint density at radius 2 is 2.00 bits per heavy atom. The Morgan fingerprint density at radius 3 is 2.44 bits per heavy atom. The molecule has 0 spiro atoms. The number of sulfonamides is 1. The van der Waals surface area contributed by atoms with Crippen LogP contribution in [0.2, 0.25) is 0 Å². The molecule has 7 heteroatoms. The minimum absolute atomic E-state index is 0.361. The van der Waals surface area contributed by atoms with E-state index in [1.54, 1.807) is 24.3 Å². The molecule has 0 atom stereocenters. The van der Waals surface area contributed by atoms with E-state index >= 15 is 0 Å². The monoisotopic (exact) mass is 373 g/mol. The maximum absolute atomic E-state index is 11.5. The van der Waals surface area contributed by atoms with Crippen molar-refractivity contribution in [3.05, 3.63) is 27.8 Å². The van der Waals surface area contributed by atoms with Gasteiger partial charge in [0.05, 0.1) is 11.9 Å². The molecular weight excluding hydrogens is 365 g/mol. The van der Waals surface area contributed by atoms with Gasteiger partial charge in [-0.3, -0.25) is 9.10 Å². The summed E-state index contributed by atoms with van der Waals surface area (Å²) < 4.78 is 24.8. The van der Waals surface area contributed by atoms with E-state index in [4.69, 9.17) is 11.6 Å². The Kier molecular flexibility index (Phi) is 4.57. The third-order valence-electron chi connectivity index (χ3n) is 1.79. The lowest BCUT2D eigenvalue weighted by atomic mass is 10.3. The van der Waals surface area contributed by atoms with Gasteiger partial charge >= 0.3 is 0 Å². The van der Waals surface area contributed by atoms with Crippen LogP contribution in [0, 0.1) is 3.57 Å². The van der Waals surface area contributed by atoms with Crippen molar-refractivity contribution in [2.75, 3.05) is 17.1 Å². The Labute approximate surface area is 113 Å². The molecule has 0 saturated heterocycles. The fourth-order valence-corrected chi connectivity index (χ4v) is 3.05. The first-order valence-electron chi connectivity index (χ1n) is 4.23. The van der Waals surface area contributed by atoms with Gasteiger partial charge in [0, 0.05) is 3.57 Å². The molecule has 0 aromatic heterocycles. The highest BCUT2D eigenvalue weighted by atomic mass is 127. The Morgan fingerprint density at radius 1 is 1.44 bits per heavy atom. The Hall–Kier alpha value is -0.340. The van der Waals surface area contributed by atoms with E-state index in [2.05, 4.69) is 0 Å². The molecular formula is C9H9ClINO3S. The zero-order chi connectivity index (χ0) is 12.3. The SMILES string of the molecule is CS(=O)(=O)N(CC(=O)Cl)c1ccccc1I. The number of carbonyl (C=O) groups excluding carboxylic acids is 1. The molecule has 1 rings (SSSR count). The summed E-state index contributed by atoms with van der Waals surface area (Å²) in [4.78, 5) is 10.8. The first-order valence-corrected chi connectivity index (χ1v) is 7.53. The highest BCUT2D eigenvalue weighted by Gasteiger charge is 2.21. The van der Waals surface area contributed by atoms with Crippen molar-refractivity contribution in [3.63, 3.8) is 0 Å². The third-order valence-corrected chi connectivity index (χ3v) is 3.95. The van der Waals surface area contributed by atoms with E-state index in [9.17, 15) is 13.2 Å². The van der Waals surface area contributed by atoms with Crippen LogP contribution in [0.1, 0.15) is 0 Å². The summed E-state index contributed by atoms with van der Waals surface area (Å²) in [5.41, 5.74) is 0.458. The van der Waals surface area contributed by atoms with Crippen LogP contribution < -0.4 is 4.31 Å². The number of halogens is 2. The van der Waals surface area contributed by atoms with E-state index in [0.717, 1.165) is 14.1 Å². The van der Waals surface area contributed by atoms with Gasteiger partial charge in [-0.15, -0.1) is 0 Å². The third kappa shape index (κ3) is 3.60. The first-order chi connectivity index (χ1) is 7.32. The summed E-state index contributed by atoms with van der Waals surface area (Å²) in [6.45, 7) is -0.361. The molecule has 0 saturated carbocycles. The summed E-state index contributed by atoms with van der Waals surface area (Å²) in [5.74, 6) is 0. The van der Waals surface area contributed by atoms with Gasteiger partial charge in [0.2, 0.25) is 15.3 Å². The quantitative estimate of drug-likeness (QED) is 0.598. The molecule has 0 unspecified atom stereocenters. The number of hydrogen-bond donors (Lipinski definition) is 0. The van der Waals surface area contributed by atoms with Crippen molar-refractivity contribution in [1.82, 2.24) is 0 Å². The Bertz CT molecular complexity index is 503. The number of benzene rings is 1. The average molecular weight is 374 g/mol. The van der Waals surface area contributed by atoms with Gasteiger partial charge in [-0.05, 0) is 46.3 Å². The van der Waals surface area contributed by atoms with E-state index in [1.165, 1.54) is 0 Å². The van der Waals surface area contributed by atoms with Gasteiger partial charge < -0.3 is 0 Å². The van der Waals surface area contributed by atoms with Crippen molar-refractivity contribution in [3.8, 4) is 0 Å². The second-order valence-electron chi connectivity index (χ2n) is 3.08. The predicted octanol–water partition coefficient (Wildman–Crippen LogP) is 1.82. The highest BCUT2D eigenvalue weighted by molar-refractivity contribution is 14.1. The fourth-order valence-electron chi connectivity index (χ4n) is 1.15. The molecule has 88 valence electrons. The van der Waals surface area contributed by atoms with Crippen LogP contribution in [0.4, 0.5) is 5.69 Å². The van der Waals surface area contributed by atoms with Gasteiger partial charge in [-0.2, -0.15) is 0 Å². The van der Waals surface area contributed by atoms with E-state index in [-0.39, 0.29) is 6.54 Å². The lowest BCUT2D eigenvalue weighted by molar-refractivity contribution is -0.110. The molecule has 1 aromatic carbocycles. The molecule has 0 aliphatic heterocycles. The van der Waals surface area contributed by atoms with Gasteiger partial charge in [0.25, 0.3) is 0 Å². The fraction of sp³-hybridized carbons (Fsp3) is 0.222. The molecule has 0 amide bonds. The standard InChI is InChI=1S/C9H9ClINO3S/c1-16(14,15)12(6-9(10)13)8-5-3-2-4-7(8)11/h2-5H,6H2,1H3. The predicted molar refractivity (Wildman–Crippen MR) is 72.2 cm³/mol. The lowest BCUT2D eigenvalue weighted by Crippen LogP contribution is -2.34. The van der Waals surface area contributed by atoms with Gasteiger partial charge in [0.15, 0.2) is 0 Å². The second-order valence-corrected chi connectivity index (χ2v) is 6.57. The number of hydrogen-bond acceptors (Lipinski definition) is 3. The minimum Gasteiger partial charge on any atom is -0.279 e. The van der Waals surface area contributed by atoms with Crippen molar-refractivity contribution in [2.45, 2.75) is 0 Å². The van der Waals surface area contributed by atoms with Crippen LogP contribution in [-0.4, -0.2) is 26.5 Å². The number of anilines is 1. The topological polar surface area (TPSA) is 54.5 Å². The van der Waals surface area contributed by atoms with Gasteiger partial charge in [-0.25, -0.2) is 8.42 Å². The molecule has 0 aliphatic carbocycles. The van der Waals surface area contributed by atoms with Crippen LogP contribution >= 0.6 is 34.2 Å². The van der Waals surface area contributed by atoms with E-state index in [0.29, 0.717) is 5.69 Å². The molecule has 0 N–H and O–H groups in total. The normalized spacial score (nSPS) is 11.2. The zero-order valence-corrected chi connectivity index (χ0v) is 12.1. The second kappa shape index (κ2) is 5.33. The molecule has 4 nitrogen and oxygen atoms in total. The number of carbonyl (C=O) groups is 1. The Balaban J connectivity index is 3.22. The highest BCUT2D eigenvalue weighted by Crippen LogP contribution is 2.24. The summed E-state index contributed by atoms with van der Waals surface area (Å²) in [6, 6.07) is 6.87. The van der Waals surface area contributed by atoms with Crippen molar-refractivity contribution >= 4 is 55.1 Å². The molecule has 0 heterocycles. The molecule has 0 fully saturated rings. The van der Waals surface area contributed by atoms with Crippen LogP contribution in [0.5, 0.6) is 0 Å².